The van der Waals surface area contributed by atoms with Gasteiger partial charge in [-0.1, -0.05) is 18.5 Å². The van der Waals surface area contributed by atoms with Gasteiger partial charge in [-0.25, -0.2) is 18.1 Å². The van der Waals surface area contributed by atoms with Crippen molar-refractivity contribution in [2.24, 2.45) is 5.41 Å². The molecule has 1 saturated heterocycles. The van der Waals surface area contributed by atoms with Crippen molar-refractivity contribution >= 4 is 27.4 Å². The lowest BCUT2D eigenvalue weighted by Crippen LogP contribution is -2.43. The molecule has 0 atom stereocenters. The van der Waals surface area contributed by atoms with Crippen LogP contribution in [-0.2, 0) is 10.0 Å². The molecule has 6 nitrogen and oxygen atoms in total. The molecular formula is C12H19ClN4O2S. The minimum atomic E-state index is -3.69. The fourth-order valence-corrected chi connectivity index (χ4v) is 3.73. The van der Waals surface area contributed by atoms with Crippen molar-refractivity contribution in [1.29, 1.82) is 0 Å². The largest absolute Gasteiger partial charge is 0.383 e. The van der Waals surface area contributed by atoms with Gasteiger partial charge >= 0.3 is 0 Å². The number of nitrogens with two attached hydrogens (primary N) is 1. The second-order valence-electron chi connectivity index (χ2n) is 5.42. The summed E-state index contributed by atoms with van der Waals surface area (Å²) in [6.45, 7) is 4.26. The van der Waals surface area contributed by atoms with Crippen molar-refractivity contribution in [3.63, 3.8) is 0 Å². The maximum absolute atomic E-state index is 12.3. The van der Waals surface area contributed by atoms with Crippen molar-refractivity contribution in [3.05, 3.63) is 17.3 Å². The van der Waals surface area contributed by atoms with Gasteiger partial charge in [0.05, 0.1) is 5.02 Å². The van der Waals surface area contributed by atoms with Crippen molar-refractivity contribution in [2.45, 2.75) is 24.7 Å². The van der Waals surface area contributed by atoms with Crippen LogP contribution in [0.4, 0.5) is 5.82 Å². The summed E-state index contributed by atoms with van der Waals surface area (Å²) in [6, 6.07) is 1.32. The molecule has 0 aliphatic carbocycles. The van der Waals surface area contributed by atoms with Gasteiger partial charge in [0, 0.05) is 12.7 Å². The van der Waals surface area contributed by atoms with E-state index in [0.29, 0.717) is 6.54 Å². The van der Waals surface area contributed by atoms with E-state index in [9.17, 15) is 8.42 Å². The van der Waals surface area contributed by atoms with Gasteiger partial charge < -0.3 is 11.1 Å². The molecule has 8 heteroatoms. The van der Waals surface area contributed by atoms with Crippen LogP contribution >= 0.6 is 11.6 Å². The van der Waals surface area contributed by atoms with Gasteiger partial charge in [-0.05, 0) is 37.4 Å². The highest BCUT2D eigenvalue weighted by Crippen LogP contribution is 2.28. The first-order valence-electron chi connectivity index (χ1n) is 6.44. The first-order chi connectivity index (χ1) is 9.32. The van der Waals surface area contributed by atoms with Crippen LogP contribution in [0.3, 0.4) is 0 Å². The minimum Gasteiger partial charge on any atom is -0.383 e. The van der Waals surface area contributed by atoms with Gasteiger partial charge in [0.15, 0.2) is 0 Å². The van der Waals surface area contributed by atoms with E-state index < -0.39 is 10.0 Å². The zero-order valence-electron chi connectivity index (χ0n) is 11.3. The van der Waals surface area contributed by atoms with E-state index >= 15 is 0 Å². The van der Waals surface area contributed by atoms with Crippen LogP contribution in [0, 0.1) is 5.41 Å². The highest BCUT2D eigenvalue weighted by atomic mass is 35.5. The molecule has 112 valence electrons. The molecule has 0 aromatic carbocycles. The lowest BCUT2D eigenvalue weighted by Gasteiger charge is -2.34. The van der Waals surface area contributed by atoms with Crippen LogP contribution in [0.1, 0.15) is 19.8 Å². The van der Waals surface area contributed by atoms with Gasteiger partial charge in [0.1, 0.15) is 10.7 Å². The summed E-state index contributed by atoms with van der Waals surface area (Å²) in [5, 5.41) is 3.50. The lowest BCUT2D eigenvalue weighted by atomic mass is 9.81. The smallest absolute Gasteiger partial charge is 0.244 e. The highest BCUT2D eigenvalue weighted by Gasteiger charge is 2.29. The molecule has 0 spiro atoms. The molecule has 1 aromatic heterocycles. The van der Waals surface area contributed by atoms with Gasteiger partial charge in [-0.15, -0.1) is 0 Å². The molecular weight excluding hydrogens is 300 g/mol. The first-order valence-corrected chi connectivity index (χ1v) is 8.30. The summed E-state index contributed by atoms with van der Waals surface area (Å²) in [5.41, 5.74) is 5.58. The number of halogens is 1. The van der Waals surface area contributed by atoms with Crippen LogP contribution in [0.25, 0.3) is 0 Å². The quantitative estimate of drug-likeness (QED) is 0.769. The molecule has 0 unspecified atom stereocenters. The Labute approximate surface area is 124 Å². The molecule has 1 aliphatic heterocycles. The fraction of sp³-hybridized carbons (Fsp3) is 0.583. The third kappa shape index (κ3) is 3.60. The Kier molecular flexibility index (Phi) is 4.53. The number of hydrogen-bond donors (Lipinski definition) is 3. The van der Waals surface area contributed by atoms with Gasteiger partial charge in [0.2, 0.25) is 10.0 Å². The maximum Gasteiger partial charge on any atom is 0.244 e. The van der Waals surface area contributed by atoms with Crippen molar-refractivity contribution in [2.75, 3.05) is 25.4 Å². The Morgan fingerprint density at radius 2 is 2.15 bits per heavy atom. The molecule has 0 bridgehead atoms. The zero-order chi connectivity index (χ0) is 14.8. The summed E-state index contributed by atoms with van der Waals surface area (Å²) in [6.07, 6.45) is 3.18. The number of rotatable bonds is 4. The standard InChI is InChI=1S/C12H19ClN4O2S/c1-12(2-4-15-5-3-12)8-17-20(18,19)10-6-9(13)7-16-11(10)14/h6-7,15,17H,2-5,8H2,1H3,(H2,14,16). The summed E-state index contributed by atoms with van der Waals surface area (Å²) in [7, 11) is -3.69. The van der Waals surface area contributed by atoms with Crippen LogP contribution in [0.5, 0.6) is 0 Å². The average molecular weight is 319 g/mol. The van der Waals surface area contributed by atoms with E-state index in [0.717, 1.165) is 25.9 Å². The number of hydrogen-bond acceptors (Lipinski definition) is 5. The Morgan fingerprint density at radius 1 is 1.50 bits per heavy atom. The Hall–Kier alpha value is -0.890. The van der Waals surface area contributed by atoms with Crippen LogP contribution in [0.15, 0.2) is 17.2 Å². The van der Waals surface area contributed by atoms with E-state index in [1.807, 2.05) is 0 Å². The molecule has 20 heavy (non-hydrogen) atoms. The second-order valence-corrected chi connectivity index (χ2v) is 7.59. The molecule has 1 aliphatic rings. The minimum absolute atomic E-state index is 0.0426. The van der Waals surface area contributed by atoms with E-state index in [1.165, 1.54) is 12.3 Å². The monoisotopic (exact) mass is 318 g/mol. The Balaban J connectivity index is 2.13. The summed E-state index contributed by atoms with van der Waals surface area (Å²) in [5.74, 6) is -0.0441. The third-order valence-electron chi connectivity index (χ3n) is 3.64. The average Bonchev–Trinajstić information content (AvgIpc) is 2.40. The molecule has 4 N–H and O–H groups in total. The zero-order valence-corrected chi connectivity index (χ0v) is 12.9. The molecule has 0 saturated carbocycles. The van der Waals surface area contributed by atoms with Crippen molar-refractivity contribution < 1.29 is 8.42 Å². The van der Waals surface area contributed by atoms with Crippen molar-refractivity contribution in [1.82, 2.24) is 15.0 Å². The summed E-state index contributed by atoms with van der Waals surface area (Å²) >= 11 is 5.78. The highest BCUT2D eigenvalue weighted by molar-refractivity contribution is 7.89. The maximum atomic E-state index is 12.3. The molecule has 1 aromatic rings. The number of nitrogens with zero attached hydrogens (tertiary/aromatic N) is 1. The summed E-state index contributed by atoms with van der Waals surface area (Å²) in [4.78, 5) is 3.71. The van der Waals surface area contributed by atoms with Crippen LogP contribution < -0.4 is 15.8 Å². The molecule has 0 radical (unpaired) electrons. The fourth-order valence-electron chi connectivity index (χ4n) is 2.20. The number of aromatic nitrogens is 1. The number of nitrogens with one attached hydrogen (secondary N) is 2. The normalized spacial score (nSPS) is 18.9. The van der Waals surface area contributed by atoms with Gasteiger partial charge in [-0.2, -0.15) is 0 Å². The Bertz CT molecular complexity index is 585. The molecule has 2 heterocycles. The van der Waals surface area contributed by atoms with E-state index in [1.54, 1.807) is 0 Å². The summed E-state index contributed by atoms with van der Waals surface area (Å²) < 4.78 is 27.2. The molecule has 0 amide bonds. The number of pyridine rings is 1. The predicted octanol–water partition coefficient (Wildman–Crippen LogP) is 0.985. The lowest BCUT2D eigenvalue weighted by molar-refractivity contribution is 0.232. The molecule has 2 rings (SSSR count). The van der Waals surface area contributed by atoms with Crippen LogP contribution in [-0.4, -0.2) is 33.0 Å². The first kappa shape index (κ1) is 15.5. The van der Waals surface area contributed by atoms with E-state index in [4.69, 9.17) is 17.3 Å². The van der Waals surface area contributed by atoms with Gasteiger partial charge in [0.25, 0.3) is 0 Å². The van der Waals surface area contributed by atoms with Crippen molar-refractivity contribution in [3.8, 4) is 0 Å². The Morgan fingerprint density at radius 3 is 2.80 bits per heavy atom. The number of sulfonamides is 1. The number of piperidine rings is 1. The number of anilines is 1. The van der Waals surface area contributed by atoms with Crippen LogP contribution in [0.2, 0.25) is 5.02 Å². The van der Waals surface area contributed by atoms with Gasteiger partial charge in [-0.3, -0.25) is 0 Å². The third-order valence-corrected chi connectivity index (χ3v) is 5.27. The SMILES string of the molecule is CC1(CNS(=O)(=O)c2cc(Cl)cnc2N)CCNCC1. The topological polar surface area (TPSA) is 97.1 Å². The predicted molar refractivity (Wildman–Crippen MR) is 79.1 cm³/mol. The second kappa shape index (κ2) is 5.85. The van der Waals surface area contributed by atoms with E-state index in [-0.39, 0.29) is 21.2 Å². The molecule has 1 fully saturated rings. The van der Waals surface area contributed by atoms with E-state index in [2.05, 4.69) is 21.9 Å². The number of nitrogen functional groups attached to an aromatic ring is 1.